The van der Waals surface area contributed by atoms with Crippen molar-refractivity contribution in [1.82, 2.24) is 0 Å². The Morgan fingerprint density at radius 3 is 2.56 bits per heavy atom. The molecule has 0 radical (unpaired) electrons. The first-order valence-corrected chi connectivity index (χ1v) is 7.15. The quantitative estimate of drug-likeness (QED) is 0.714. The van der Waals surface area contributed by atoms with Gasteiger partial charge in [-0.05, 0) is 42.0 Å². The lowest BCUT2D eigenvalue weighted by Crippen LogP contribution is -2.00. The van der Waals surface area contributed by atoms with Crippen molar-refractivity contribution in [1.29, 1.82) is 0 Å². The van der Waals surface area contributed by atoms with Crippen LogP contribution >= 0.6 is 43.5 Å². The molecule has 0 fully saturated rings. The molecule has 0 aromatic heterocycles. The minimum absolute atomic E-state index is 0.262. The average molecular weight is 393 g/mol. The molecule has 1 nitrogen and oxygen atoms in total. The molecule has 2 aromatic rings. The maximum atomic E-state index is 13.2. The first kappa shape index (κ1) is 13.8. The molecule has 0 amide bonds. The van der Waals surface area contributed by atoms with E-state index in [4.69, 9.17) is 11.6 Å². The van der Waals surface area contributed by atoms with E-state index in [0.29, 0.717) is 11.6 Å². The number of anilines is 1. The summed E-state index contributed by atoms with van der Waals surface area (Å²) in [6.07, 6.45) is 0. The second-order valence-electron chi connectivity index (χ2n) is 3.76. The number of hydrogen-bond donors (Lipinski definition) is 1. The standard InChI is InChI=1S/C13H9Br2ClFN/c14-9-1-2-12(16)13(6-9)18-7-8-3-10(15)5-11(17)4-8/h1-6,18H,7H2. The molecule has 0 aliphatic carbocycles. The molecule has 2 rings (SSSR count). The molecule has 0 aliphatic rings. The van der Waals surface area contributed by atoms with E-state index in [0.717, 1.165) is 20.2 Å². The van der Waals surface area contributed by atoms with E-state index in [-0.39, 0.29) is 5.82 Å². The summed E-state index contributed by atoms with van der Waals surface area (Å²) in [5.74, 6) is -0.262. The number of hydrogen-bond acceptors (Lipinski definition) is 1. The zero-order chi connectivity index (χ0) is 13.1. The molecule has 0 bridgehead atoms. The summed E-state index contributed by atoms with van der Waals surface area (Å²) in [6.45, 7) is 0.506. The Bertz CT molecular complexity index is 555. The number of benzene rings is 2. The van der Waals surface area contributed by atoms with E-state index < -0.39 is 0 Å². The van der Waals surface area contributed by atoms with Gasteiger partial charge < -0.3 is 5.32 Å². The summed E-state index contributed by atoms with van der Waals surface area (Å²) in [6, 6.07) is 10.3. The molecule has 0 unspecified atom stereocenters. The summed E-state index contributed by atoms with van der Waals surface area (Å²) < 4.78 is 14.9. The van der Waals surface area contributed by atoms with Gasteiger partial charge in [0, 0.05) is 15.5 Å². The second-order valence-corrected chi connectivity index (χ2v) is 5.99. The zero-order valence-corrected chi connectivity index (χ0v) is 13.1. The average Bonchev–Trinajstić information content (AvgIpc) is 2.29. The highest BCUT2D eigenvalue weighted by Crippen LogP contribution is 2.26. The number of halogens is 4. The summed E-state index contributed by atoms with van der Waals surface area (Å²) >= 11 is 12.7. The van der Waals surface area contributed by atoms with Crippen LogP contribution in [0.25, 0.3) is 0 Å². The Morgan fingerprint density at radius 2 is 1.83 bits per heavy atom. The van der Waals surface area contributed by atoms with E-state index >= 15 is 0 Å². The fourth-order valence-electron chi connectivity index (χ4n) is 1.54. The van der Waals surface area contributed by atoms with Gasteiger partial charge in [-0.1, -0.05) is 43.5 Å². The Kier molecular flexibility index (Phi) is 4.65. The molecule has 0 saturated heterocycles. The Labute approximate surface area is 127 Å². The molecular weight excluding hydrogens is 384 g/mol. The fraction of sp³-hybridized carbons (Fsp3) is 0.0769. The highest BCUT2D eigenvalue weighted by Gasteiger charge is 2.03. The fourth-order valence-corrected chi connectivity index (χ4v) is 2.60. The minimum atomic E-state index is -0.262. The molecule has 1 N–H and O–H groups in total. The molecule has 5 heteroatoms. The van der Waals surface area contributed by atoms with Crippen molar-refractivity contribution in [3.05, 3.63) is 61.7 Å². The van der Waals surface area contributed by atoms with Gasteiger partial charge in [0.25, 0.3) is 0 Å². The van der Waals surface area contributed by atoms with Gasteiger partial charge in [-0.2, -0.15) is 0 Å². The normalized spacial score (nSPS) is 10.4. The third-order valence-electron chi connectivity index (χ3n) is 2.33. The molecule has 2 aromatic carbocycles. The predicted octanol–water partition coefficient (Wildman–Crippen LogP) is 5.62. The van der Waals surface area contributed by atoms with Gasteiger partial charge in [0.15, 0.2) is 0 Å². The Balaban J connectivity index is 2.13. The van der Waals surface area contributed by atoms with E-state index in [1.165, 1.54) is 12.1 Å². The van der Waals surface area contributed by atoms with Crippen molar-refractivity contribution in [2.45, 2.75) is 6.54 Å². The smallest absolute Gasteiger partial charge is 0.124 e. The predicted molar refractivity (Wildman–Crippen MR) is 80.6 cm³/mol. The van der Waals surface area contributed by atoms with E-state index in [1.54, 1.807) is 6.07 Å². The van der Waals surface area contributed by atoms with Crippen LogP contribution in [0.2, 0.25) is 5.02 Å². The molecular formula is C13H9Br2ClFN. The van der Waals surface area contributed by atoms with Crippen LogP contribution in [0.3, 0.4) is 0 Å². The summed E-state index contributed by atoms with van der Waals surface area (Å²) in [5.41, 5.74) is 1.66. The zero-order valence-electron chi connectivity index (χ0n) is 9.18. The van der Waals surface area contributed by atoms with Gasteiger partial charge in [-0.15, -0.1) is 0 Å². The minimum Gasteiger partial charge on any atom is -0.380 e. The van der Waals surface area contributed by atoms with Crippen LogP contribution in [0.15, 0.2) is 45.3 Å². The van der Waals surface area contributed by atoms with Crippen LogP contribution in [0.5, 0.6) is 0 Å². The van der Waals surface area contributed by atoms with E-state index in [1.807, 2.05) is 18.2 Å². The molecule has 0 heterocycles. The van der Waals surface area contributed by atoms with Gasteiger partial charge in [0.2, 0.25) is 0 Å². The Morgan fingerprint density at radius 1 is 1.06 bits per heavy atom. The van der Waals surface area contributed by atoms with Crippen molar-refractivity contribution < 1.29 is 4.39 Å². The van der Waals surface area contributed by atoms with Crippen LogP contribution in [-0.4, -0.2) is 0 Å². The topological polar surface area (TPSA) is 12.0 Å². The summed E-state index contributed by atoms with van der Waals surface area (Å²) in [7, 11) is 0. The molecule has 0 saturated carbocycles. The Hall–Kier alpha value is -0.580. The van der Waals surface area contributed by atoms with Crippen molar-refractivity contribution in [3.8, 4) is 0 Å². The van der Waals surface area contributed by atoms with Crippen molar-refractivity contribution in [2.75, 3.05) is 5.32 Å². The molecule has 0 aliphatic heterocycles. The van der Waals surface area contributed by atoms with Gasteiger partial charge in [-0.3, -0.25) is 0 Å². The molecule has 0 atom stereocenters. The molecule has 0 spiro atoms. The van der Waals surface area contributed by atoms with Gasteiger partial charge in [0.1, 0.15) is 5.82 Å². The lowest BCUT2D eigenvalue weighted by molar-refractivity contribution is 0.625. The first-order chi connectivity index (χ1) is 8.54. The third-order valence-corrected chi connectivity index (χ3v) is 3.61. The third kappa shape index (κ3) is 3.70. The van der Waals surface area contributed by atoms with Gasteiger partial charge in [0.05, 0.1) is 10.7 Å². The van der Waals surface area contributed by atoms with E-state index in [2.05, 4.69) is 37.2 Å². The lowest BCUT2D eigenvalue weighted by Gasteiger charge is -2.09. The van der Waals surface area contributed by atoms with E-state index in [9.17, 15) is 4.39 Å². The first-order valence-electron chi connectivity index (χ1n) is 5.18. The highest BCUT2D eigenvalue weighted by molar-refractivity contribution is 9.10. The van der Waals surface area contributed by atoms with Crippen LogP contribution < -0.4 is 5.32 Å². The number of nitrogens with one attached hydrogen (secondary N) is 1. The molecule has 94 valence electrons. The van der Waals surface area contributed by atoms with Gasteiger partial charge in [-0.25, -0.2) is 4.39 Å². The molecule has 18 heavy (non-hydrogen) atoms. The van der Waals surface area contributed by atoms with Gasteiger partial charge >= 0.3 is 0 Å². The highest BCUT2D eigenvalue weighted by atomic mass is 79.9. The van der Waals surface area contributed by atoms with Crippen LogP contribution in [0, 0.1) is 5.82 Å². The van der Waals surface area contributed by atoms with Crippen molar-refractivity contribution >= 4 is 49.1 Å². The number of rotatable bonds is 3. The second kappa shape index (κ2) is 6.04. The lowest BCUT2D eigenvalue weighted by atomic mass is 10.2. The van der Waals surface area contributed by atoms with Crippen molar-refractivity contribution in [3.63, 3.8) is 0 Å². The van der Waals surface area contributed by atoms with Crippen LogP contribution in [0.4, 0.5) is 10.1 Å². The van der Waals surface area contributed by atoms with Crippen LogP contribution in [0.1, 0.15) is 5.56 Å². The van der Waals surface area contributed by atoms with Crippen LogP contribution in [-0.2, 0) is 6.54 Å². The monoisotopic (exact) mass is 391 g/mol. The maximum absolute atomic E-state index is 13.2. The summed E-state index contributed by atoms with van der Waals surface area (Å²) in [4.78, 5) is 0. The van der Waals surface area contributed by atoms with Crippen molar-refractivity contribution in [2.24, 2.45) is 0 Å². The largest absolute Gasteiger partial charge is 0.380 e. The SMILES string of the molecule is Fc1cc(Br)cc(CNc2cc(Br)ccc2Cl)c1. The summed E-state index contributed by atoms with van der Waals surface area (Å²) in [5, 5.41) is 3.81. The maximum Gasteiger partial charge on any atom is 0.124 e.